The molecule has 21 heavy (non-hydrogen) atoms. The molecule has 2 rings (SSSR count). The zero-order valence-electron chi connectivity index (χ0n) is 11.3. The number of carboxylic acid groups (broad SMARTS) is 1. The van der Waals surface area contributed by atoms with Crippen molar-refractivity contribution in [2.24, 2.45) is 0 Å². The first kappa shape index (κ1) is 14.8. The average molecular weight is 289 g/mol. The number of hydrogen-bond donors (Lipinski definition) is 2. The van der Waals surface area contributed by atoms with Gasteiger partial charge in [-0.2, -0.15) is 5.26 Å². The van der Waals surface area contributed by atoms with Gasteiger partial charge < -0.3 is 15.2 Å². The Bertz CT molecular complexity index is 565. The Kier molecular flexibility index (Phi) is 4.74. The summed E-state index contributed by atoms with van der Waals surface area (Å²) in [6, 6.07) is 7.92. The smallest absolute Gasteiger partial charge is 0.322 e. The summed E-state index contributed by atoms with van der Waals surface area (Å²) in [5.41, 5.74) is 0.543. The maximum absolute atomic E-state index is 11.3. The monoisotopic (exact) mass is 289 g/mol. The zero-order chi connectivity index (χ0) is 15.2. The second-order valence-corrected chi connectivity index (χ2v) is 4.61. The highest BCUT2D eigenvalue weighted by Crippen LogP contribution is 2.12. The van der Waals surface area contributed by atoms with Crippen molar-refractivity contribution >= 4 is 11.9 Å². The SMILES string of the molecule is N#Cc1ccc(OCCN2CC(=O)NCC2C(=O)O)cc1. The van der Waals surface area contributed by atoms with Gasteiger partial charge in [-0.15, -0.1) is 0 Å². The van der Waals surface area contributed by atoms with E-state index in [1.807, 2.05) is 6.07 Å². The Morgan fingerprint density at radius 2 is 2.19 bits per heavy atom. The van der Waals surface area contributed by atoms with E-state index in [2.05, 4.69) is 5.32 Å². The summed E-state index contributed by atoms with van der Waals surface area (Å²) in [4.78, 5) is 24.0. The Hall–Kier alpha value is -2.59. The van der Waals surface area contributed by atoms with Gasteiger partial charge in [-0.1, -0.05) is 0 Å². The van der Waals surface area contributed by atoms with Gasteiger partial charge in [-0.25, -0.2) is 0 Å². The fourth-order valence-electron chi connectivity index (χ4n) is 2.07. The summed E-state index contributed by atoms with van der Waals surface area (Å²) in [6.45, 7) is 0.756. The Labute approximate surface area is 121 Å². The molecule has 1 amide bonds. The lowest BCUT2D eigenvalue weighted by Crippen LogP contribution is -2.58. The molecule has 110 valence electrons. The van der Waals surface area contributed by atoms with E-state index in [4.69, 9.17) is 15.1 Å². The van der Waals surface area contributed by atoms with Crippen LogP contribution in [0.5, 0.6) is 5.75 Å². The number of hydrogen-bond acceptors (Lipinski definition) is 5. The molecule has 1 aliphatic heterocycles. The van der Waals surface area contributed by atoms with Crippen molar-refractivity contribution in [1.29, 1.82) is 5.26 Å². The van der Waals surface area contributed by atoms with E-state index in [1.54, 1.807) is 29.2 Å². The summed E-state index contributed by atoms with van der Waals surface area (Å²) in [5.74, 6) is -0.554. The molecule has 1 heterocycles. The number of carboxylic acids is 1. The lowest BCUT2D eigenvalue weighted by atomic mass is 10.2. The molecule has 1 aromatic carbocycles. The maximum Gasteiger partial charge on any atom is 0.322 e. The van der Waals surface area contributed by atoms with Crippen molar-refractivity contribution in [2.45, 2.75) is 6.04 Å². The molecule has 0 bridgehead atoms. The van der Waals surface area contributed by atoms with Crippen LogP contribution in [0.1, 0.15) is 5.56 Å². The number of carbonyl (C=O) groups is 2. The predicted octanol–water partition coefficient (Wildman–Crippen LogP) is -0.178. The molecular weight excluding hydrogens is 274 g/mol. The third kappa shape index (κ3) is 3.94. The number of ether oxygens (including phenoxy) is 1. The molecule has 7 nitrogen and oxygen atoms in total. The zero-order valence-corrected chi connectivity index (χ0v) is 11.3. The molecule has 1 atom stereocenters. The second kappa shape index (κ2) is 6.72. The van der Waals surface area contributed by atoms with Gasteiger partial charge in [-0.05, 0) is 24.3 Å². The van der Waals surface area contributed by atoms with Crippen LogP contribution in [0.4, 0.5) is 0 Å². The highest BCUT2D eigenvalue weighted by molar-refractivity contribution is 5.83. The summed E-state index contributed by atoms with van der Waals surface area (Å²) in [7, 11) is 0. The molecule has 0 aliphatic carbocycles. The van der Waals surface area contributed by atoms with Crippen molar-refractivity contribution in [1.82, 2.24) is 10.2 Å². The molecule has 2 N–H and O–H groups in total. The van der Waals surface area contributed by atoms with Gasteiger partial charge in [-0.3, -0.25) is 14.5 Å². The molecular formula is C14H15N3O4. The van der Waals surface area contributed by atoms with Crippen LogP contribution in [0.3, 0.4) is 0 Å². The molecule has 1 aromatic rings. The van der Waals surface area contributed by atoms with E-state index in [-0.39, 0.29) is 25.6 Å². The molecule has 0 aromatic heterocycles. The van der Waals surface area contributed by atoms with Crippen molar-refractivity contribution in [3.8, 4) is 11.8 Å². The normalized spacial score (nSPS) is 18.6. The first-order valence-corrected chi connectivity index (χ1v) is 6.46. The number of nitrogens with zero attached hydrogens (tertiary/aromatic N) is 2. The minimum atomic E-state index is -0.964. The van der Waals surface area contributed by atoms with E-state index in [0.717, 1.165) is 0 Å². The lowest BCUT2D eigenvalue weighted by molar-refractivity contribution is -0.146. The molecule has 0 spiro atoms. The Morgan fingerprint density at radius 3 is 2.81 bits per heavy atom. The first-order valence-electron chi connectivity index (χ1n) is 6.46. The first-order chi connectivity index (χ1) is 10.1. The van der Waals surface area contributed by atoms with Crippen molar-refractivity contribution in [3.63, 3.8) is 0 Å². The number of aliphatic carboxylic acids is 1. The average Bonchev–Trinajstić information content (AvgIpc) is 2.48. The van der Waals surface area contributed by atoms with Gasteiger partial charge in [0.1, 0.15) is 18.4 Å². The van der Waals surface area contributed by atoms with Crippen LogP contribution in [-0.4, -0.2) is 54.2 Å². The van der Waals surface area contributed by atoms with Crippen molar-refractivity contribution < 1.29 is 19.4 Å². The quantitative estimate of drug-likeness (QED) is 0.779. The predicted molar refractivity (Wildman–Crippen MR) is 72.7 cm³/mol. The van der Waals surface area contributed by atoms with Gasteiger partial charge in [0, 0.05) is 13.1 Å². The standard InChI is InChI=1S/C14H15N3O4/c15-7-10-1-3-11(4-2-10)21-6-5-17-9-13(18)16-8-12(17)14(19)20/h1-4,12H,5-6,8-9H2,(H,16,18)(H,19,20). The second-order valence-electron chi connectivity index (χ2n) is 4.61. The van der Waals surface area contributed by atoms with E-state index in [1.165, 1.54) is 0 Å². The minimum Gasteiger partial charge on any atom is -0.492 e. The van der Waals surface area contributed by atoms with Gasteiger partial charge >= 0.3 is 5.97 Å². The summed E-state index contributed by atoms with van der Waals surface area (Å²) >= 11 is 0. The summed E-state index contributed by atoms with van der Waals surface area (Å²) in [6.07, 6.45) is 0. The molecule has 1 fully saturated rings. The topological polar surface area (TPSA) is 103 Å². The number of nitriles is 1. The van der Waals surface area contributed by atoms with Gasteiger partial charge in [0.15, 0.2) is 0 Å². The van der Waals surface area contributed by atoms with E-state index >= 15 is 0 Å². The Morgan fingerprint density at radius 1 is 1.48 bits per heavy atom. The fourth-order valence-corrected chi connectivity index (χ4v) is 2.07. The van der Waals surface area contributed by atoms with Gasteiger partial charge in [0.2, 0.25) is 5.91 Å². The number of rotatable bonds is 5. The van der Waals surface area contributed by atoms with E-state index in [9.17, 15) is 9.59 Å². The molecule has 1 saturated heterocycles. The van der Waals surface area contributed by atoms with Crippen molar-refractivity contribution in [2.75, 3.05) is 26.2 Å². The molecule has 7 heteroatoms. The molecule has 0 radical (unpaired) electrons. The lowest BCUT2D eigenvalue weighted by Gasteiger charge is -2.32. The van der Waals surface area contributed by atoms with Gasteiger partial charge in [0.25, 0.3) is 0 Å². The third-order valence-electron chi connectivity index (χ3n) is 3.20. The summed E-state index contributed by atoms with van der Waals surface area (Å²) in [5, 5.41) is 20.3. The molecule has 1 aliphatic rings. The third-order valence-corrected chi connectivity index (χ3v) is 3.20. The number of piperazine rings is 1. The van der Waals surface area contributed by atoms with Crippen molar-refractivity contribution in [3.05, 3.63) is 29.8 Å². The van der Waals surface area contributed by atoms with Crippen LogP contribution in [0.2, 0.25) is 0 Å². The van der Waals surface area contributed by atoms with Crippen LogP contribution in [0, 0.1) is 11.3 Å². The number of amides is 1. The Balaban J connectivity index is 1.87. The molecule has 1 unspecified atom stereocenters. The highest BCUT2D eigenvalue weighted by atomic mass is 16.5. The fraction of sp³-hybridized carbons (Fsp3) is 0.357. The van der Waals surface area contributed by atoms with E-state index < -0.39 is 12.0 Å². The minimum absolute atomic E-state index is 0.0493. The number of nitrogens with one attached hydrogen (secondary N) is 1. The summed E-state index contributed by atoms with van der Waals surface area (Å²) < 4.78 is 5.50. The van der Waals surface area contributed by atoms with Crippen LogP contribution < -0.4 is 10.1 Å². The van der Waals surface area contributed by atoms with Crippen LogP contribution in [-0.2, 0) is 9.59 Å². The maximum atomic E-state index is 11.3. The largest absolute Gasteiger partial charge is 0.492 e. The van der Waals surface area contributed by atoms with Crippen LogP contribution in [0.15, 0.2) is 24.3 Å². The highest BCUT2D eigenvalue weighted by Gasteiger charge is 2.31. The van der Waals surface area contributed by atoms with E-state index in [0.29, 0.717) is 17.9 Å². The van der Waals surface area contributed by atoms with Crippen LogP contribution >= 0.6 is 0 Å². The van der Waals surface area contributed by atoms with Crippen LogP contribution in [0.25, 0.3) is 0 Å². The van der Waals surface area contributed by atoms with Gasteiger partial charge in [0.05, 0.1) is 18.2 Å². The number of carbonyl (C=O) groups excluding carboxylic acids is 1. The number of benzene rings is 1. The molecule has 0 saturated carbocycles.